The Bertz CT molecular complexity index is 395. The highest BCUT2D eigenvalue weighted by Crippen LogP contribution is 2.08. The first-order valence-electron chi connectivity index (χ1n) is 6.79. The first-order chi connectivity index (χ1) is 9.67. The first-order valence-corrected chi connectivity index (χ1v) is 6.79. The van der Waals surface area contributed by atoms with Gasteiger partial charge in [-0.25, -0.2) is 4.79 Å². The Kier molecular flexibility index (Phi) is 8.19. The van der Waals surface area contributed by atoms with Crippen LogP contribution in [0.15, 0.2) is 24.7 Å². The highest BCUT2D eigenvalue weighted by atomic mass is 16.6. The van der Waals surface area contributed by atoms with E-state index in [1.54, 1.807) is 26.8 Å². The molecule has 0 rings (SSSR count). The minimum absolute atomic E-state index is 0.170. The SMILES string of the molecule is C=C[C@@H](CO/C(=C\OC(C)=O)CC)NC(=O)OC(C)(C)C. The lowest BCUT2D eigenvalue weighted by Gasteiger charge is -2.22. The van der Waals surface area contributed by atoms with E-state index in [0.29, 0.717) is 12.2 Å². The fourth-order valence-electron chi connectivity index (χ4n) is 1.19. The lowest BCUT2D eigenvalue weighted by Crippen LogP contribution is -2.40. The second-order valence-electron chi connectivity index (χ2n) is 5.35. The van der Waals surface area contributed by atoms with Crippen LogP contribution in [-0.4, -0.2) is 30.3 Å². The highest BCUT2D eigenvalue weighted by Gasteiger charge is 2.18. The van der Waals surface area contributed by atoms with E-state index in [1.807, 2.05) is 6.92 Å². The Morgan fingerprint density at radius 2 is 1.95 bits per heavy atom. The number of nitrogens with one attached hydrogen (secondary N) is 1. The van der Waals surface area contributed by atoms with Crippen molar-refractivity contribution in [1.29, 1.82) is 0 Å². The maximum absolute atomic E-state index is 11.6. The van der Waals surface area contributed by atoms with E-state index in [1.165, 1.54) is 13.2 Å². The van der Waals surface area contributed by atoms with Crippen LogP contribution in [0.5, 0.6) is 0 Å². The largest absolute Gasteiger partial charge is 0.492 e. The van der Waals surface area contributed by atoms with Crippen LogP contribution in [0, 0.1) is 0 Å². The fraction of sp³-hybridized carbons (Fsp3) is 0.600. The molecule has 0 spiro atoms. The summed E-state index contributed by atoms with van der Waals surface area (Å²) in [6.45, 7) is 12.3. The maximum Gasteiger partial charge on any atom is 0.408 e. The summed E-state index contributed by atoms with van der Waals surface area (Å²) in [7, 11) is 0. The molecular formula is C15H25NO5. The van der Waals surface area contributed by atoms with Gasteiger partial charge in [0.25, 0.3) is 0 Å². The van der Waals surface area contributed by atoms with E-state index in [0.717, 1.165) is 0 Å². The van der Waals surface area contributed by atoms with Crippen molar-refractivity contribution in [3.05, 3.63) is 24.7 Å². The molecule has 0 heterocycles. The van der Waals surface area contributed by atoms with Crippen molar-refractivity contribution in [3.63, 3.8) is 0 Å². The Labute approximate surface area is 126 Å². The molecular weight excluding hydrogens is 274 g/mol. The van der Waals surface area contributed by atoms with Gasteiger partial charge in [0, 0.05) is 13.3 Å². The van der Waals surface area contributed by atoms with E-state index < -0.39 is 23.7 Å². The van der Waals surface area contributed by atoms with Crippen molar-refractivity contribution in [2.45, 2.75) is 52.7 Å². The average Bonchev–Trinajstić information content (AvgIpc) is 2.34. The molecule has 0 unspecified atom stereocenters. The summed E-state index contributed by atoms with van der Waals surface area (Å²) < 4.78 is 15.4. The number of alkyl carbamates (subject to hydrolysis) is 1. The smallest absolute Gasteiger partial charge is 0.408 e. The third-order valence-electron chi connectivity index (χ3n) is 2.14. The van der Waals surface area contributed by atoms with Crippen molar-refractivity contribution in [2.75, 3.05) is 6.61 Å². The number of allylic oxidation sites excluding steroid dienone is 1. The van der Waals surface area contributed by atoms with Crippen LogP contribution in [0.4, 0.5) is 4.79 Å². The van der Waals surface area contributed by atoms with Crippen LogP contribution in [0.3, 0.4) is 0 Å². The van der Waals surface area contributed by atoms with Gasteiger partial charge in [-0.05, 0) is 20.8 Å². The molecule has 1 amide bonds. The van der Waals surface area contributed by atoms with Crippen molar-refractivity contribution in [3.8, 4) is 0 Å². The molecule has 0 saturated carbocycles. The molecule has 1 N–H and O–H groups in total. The minimum Gasteiger partial charge on any atom is -0.492 e. The van der Waals surface area contributed by atoms with Gasteiger partial charge in [-0.15, -0.1) is 6.58 Å². The number of amides is 1. The Morgan fingerprint density at radius 1 is 1.33 bits per heavy atom. The first kappa shape index (κ1) is 19.0. The molecule has 0 saturated heterocycles. The van der Waals surface area contributed by atoms with Gasteiger partial charge < -0.3 is 19.5 Å². The number of hydrogen-bond donors (Lipinski definition) is 1. The van der Waals surface area contributed by atoms with Gasteiger partial charge in [0.05, 0.1) is 6.04 Å². The van der Waals surface area contributed by atoms with E-state index in [2.05, 4.69) is 11.9 Å². The van der Waals surface area contributed by atoms with Crippen LogP contribution in [0.25, 0.3) is 0 Å². The third-order valence-corrected chi connectivity index (χ3v) is 2.14. The predicted molar refractivity (Wildman–Crippen MR) is 79.4 cm³/mol. The third kappa shape index (κ3) is 10.5. The zero-order valence-corrected chi connectivity index (χ0v) is 13.4. The summed E-state index contributed by atoms with van der Waals surface area (Å²) in [5.74, 6) is 0.0831. The van der Waals surface area contributed by atoms with Crippen molar-refractivity contribution in [2.24, 2.45) is 0 Å². The highest BCUT2D eigenvalue weighted by molar-refractivity contribution is 5.68. The van der Waals surface area contributed by atoms with Gasteiger partial charge in [-0.2, -0.15) is 0 Å². The summed E-state index contributed by atoms with van der Waals surface area (Å²) in [5, 5.41) is 2.63. The van der Waals surface area contributed by atoms with Crippen molar-refractivity contribution in [1.82, 2.24) is 5.32 Å². The lowest BCUT2D eigenvalue weighted by molar-refractivity contribution is -0.135. The topological polar surface area (TPSA) is 73.9 Å². The molecule has 21 heavy (non-hydrogen) atoms. The molecule has 120 valence electrons. The number of carbonyl (C=O) groups excluding carboxylic acids is 2. The van der Waals surface area contributed by atoms with E-state index in [9.17, 15) is 9.59 Å². The van der Waals surface area contributed by atoms with E-state index >= 15 is 0 Å². The standard InChI is InChI=1S/C15H25NO5/c1-7-12(16-14(18)21-15(4,5)6)9-20-13(8-2)10-19-11(3)17/h7,10,12H,1,8-9H2,2-6H3,(H,16,18)/b13-10-/t12-/m0/s1. The molecule has 0 aliphatic carbocycles. The molecule has 0 aromatic carbocycles. The number of carbonyl (C=O) groups is 2. The molecule has 0 bridgehead atoms. The van der Waals surface area contributed by atoms with Crippen LogP contribution >= 0.6 is 0 Å². The summed E-state index contributed by atoms with van der Waals surface area (Å²) in [4.78, 5) is 22.4. The van der Waals surface area contributed by atoms with Gasteiger partial charge in [0.2, 0.25) is 0 Å². The Morgan fingerprint density at radius 3 is 2.38 bits per heavy atom. The molecule has 0 aromatic heterocycles. The molecule has 0 fully saturated rings. The van der Waals surface area contributed by atoms with Gasteiger partial charge in [0.1, 0.15) is 24.2 Å². The molecule has 6 nitrogen and oxygen atoms in total. The summed E-state index contributed by atoms with van der Waals surface area (Å²) in [6.07, 6.45) is 2.82. The maximum atomic E-state index is 11.6. The van der Waals surface area contributed by atoms with Crippen LogP contribution in [0.2, 0.25) is 0 Å². The van der Waals surface area contributed by atoms with Crippen LogP contribution in [0.1, 0.15) is 41.0 Å². The zero-order chi connectivity index (χ0) is 16.5. The van der Waals surface area contributed by atoms with Crippen molar-refractivity contribution < 1.29 is 23.8 Å². The van der Waals surface area contributed by atoms with Gasteiger partial charge in [-0.1, -0.05) is 13.0 Å². The average molecular weight is 299 g/mol. The second kappa shape index (κ2) is 9.05. The Hall–Kier alpha value is -1.98. The Balaban J connectivity index is 4.37. The van der Waals surface area contributed by atoms with Gasteiger partial charge in [0.15, 0.2) is 0 Å². The number of hydrogen-bond acceptors (Lipinski definition) is 5. The van der Waals surface area contributed by atoms with E-state index in [-0.39, 0.29) is 6.61 Å². The molecule has 0 radical (unpaired) electrons. The molecule has 0 aliphatic rings. The monoisotopic (exact) mass is 299 g/mol. The van der Waals surface area contributed by atoms with Crippen molar-refractivity contribution >= 4 is 12.1 Å². The number of ether oxygens (including phenoxy) is 3. The normalized spacial score (nSPS) is 13.1. The van der Waals surface area contributed by atoms with Crippen LogP contribution < -0.4 is 5.32 Å². The molecule has 6 heteroatoms. The lowest BCUT2D eigenvalue weighted by atomic mass is 10.2. The van der Waals surface area contributed by atoms with Gasteiger partial charge in [-0.3, -0.25) is 4.79 Å². The predicted octanol–water partition coefficient (Wildman–Crippen LogP) is 2.90. The zero-order valence-electron chi connectivity index (χ0n) is 13.4. The van der Waals surface area contributed by atoms with Gasteiger partial charge >= 0.3 is 12.1 Å². The summed E-state index contributed by atoms with van der Waals surface area (Å²) in [6, 6.07) is -0.410. The summed E-state index contributed by atoms with van der Waals surface area (Å²) in [5.41, 5.74) is -0.569. The number of rotatable bonds is 7. The molecule has 0 aliphatic heterocycles. The summed E-state index contributed by atoms with van der Waals surface area (Å²) >= 11 is 0. The molecule has 1 atom stereocenters. The fourth-order valence-corrected chi connectivity index (χ4v) is 1.19. The minimum atomic E-state index is -0.569. The van der Waals surface area contributed by atoms with E-state index in [4.69, 9.17) is 14.2 Å². The molecule has 0 aromatic rings. The number of esters is 1. The van der Waals surface area contributed by atoms with Crippen LogP contribution in [-0.2, 0) is 19.0 Å². The second-order valence-corrected chi connectivity index (χ2v) is 5.35. The quantitative estimate of drug-likeness (QED) is 0.444.